The van der Waals surface area contributed by atoms with Crippen molar-refractivity contribution in [1.29, 1.82) is 0 Å². The van der Waals surface area contributed by atoms with Crippen LogP contribution in [0.25, 0.3) is 0 Å². The number of pyridine rings is 1. The van der Waals surface area contributed by atoms with E-state index in [1.165, 1.54) is 5.56 Å². The van der Waals surface area contributed by atoms with Crippen LogP contribution in [0.15, 0.2) is 47.1 Å². The fraction of sp³-hybridized carbons (Fsp3) is 0.312. The van der Waals surface area contributed by atoms with Crippen molar-refractivity contribution in [3.05, 3.63) is 63.3 Å². The molecule has 0 saturated carbocycles. The Kier molecular flexibility index (Phi) is 6.66. The maximum Gasteiger partial charge on any atom is 0.0545 e. The molecule has 22 heavy (non-hydrogen) atoms. The fourth-order valence-corrected chi connectivity index (χ4v) is 3.19. The highest BCUT2D eigenvalue weighted by atomic mass is 79.9. The van der Waals surface area contributed by atoms with Crippen LogP contribution in [0, 0.1) is 0 Å². The van der Waals surface area contributed by atoms with Crippen LogP contribution in [0.2, 0.25) is 5.02 Å². The number of rotatable bonds is 3. The van der Waals surface area contributed by atoms with Crippen molar-refractivity contribution in [2.24, 2.45) is 0 Å². The van der Waals surface area contributed by atoms with Crippen molar-refractivity contribution < 1.29 is 0 Å². The summed E-state index contributed by atoms with van der Waals surface area (Å²) in [6.45, 7) is 3.75. The van der Waals surface area contributed by atoms with Gasteiger partial charge in [0.25, 0.3) is 0 Å². The van der Waals surface area contributed by atoms with E-state index in [0.717, 1.165) is 41.4 Å². The molecule has 1 atom stereocenters. The molecule has 0 spiro atoms. The number of piperazine rings is 1. The summed E-state index contributed by atoms with van der Waals surface area (Å²) in [5, 5.41) is 4.29. The highest BCUT2D eigenvalue weighted by Crippen LogP contribution is 2.29. The smallest absolute Gasteiger partial charge is 0.0545 e. The molecule has 2 heterocycles. The Hall–Kier alpha value is -0.650. The molecule has 3 rings (SSSR count). The Bertz CT molecular complexity index is 607. The van der Waals surface area contributed by atoms with E-state index in [2.05, 4.69) is 43.3 Å². The summed E-state index contributed by atoms with van der Waals surface area (Å²) in [4.78, 5) is 6.92. The van der Waals surface area contributed by atoms with Gasteiger partial charge in [-0.1, -0.05) is 29.8 Å². The normalized spacial score (nSPS) is 18.7. The largest absolute Gasteiger partial charge is 0.314 e. The van der Waals surface area contributed by atoms with Gasteiger partial charge in [0.05, 0.1) is 5.69 Å². The highest BCUT2D eigenvalue weighted by Gasteiger charge is 2.25. The molecular formula is C16H18BrCl2N3. The van der Waals surface area contributed by atoms with Crippen LogP contribution in [-0.2, 0) is 6.54 Å². The van der Waals surface area contributed by atoms with Crippen LogP contribution in [0.4, 0.5) is 0 Å². The lowest BCUT2D eigenvalue weighted by Gasteiger charge is -2.36. The van der Waals surface area contributed by atoms with Gasteiger partial charge in [-0.2, -0.15) is 0 Å². The predicted octanol–water partition coefficient (Wildman–Crippen LogP) is 4.07. The summed E-state index contributed by atoms with van der Waals surface area (Å²) in [7, 11) is 0. The lowest BCUT2D eigenvalue weighted by Crippen LogP contribution is -2.45. The Labute approximate surface area is 150 Å². The molecule has 1 N–H and O–H groups in total. The van der Waals surface area contributed by atoms with Crippen molar-refractivity contribution in [1.82, 2.24) is 15.2 Å². The molecule has 1 aliphatic rings. The van der Waals surface area contributed by atoms with Crippen LogP contribution < -0.4 is 5.32 Å². The first kappa shape index (κ1) is 17.7. The van der Waals surface area contributed by atoms with Gasteiger partial charge in [0.1, 0.15) is 0 Å². The molecule has 0 aliphatic carbocycles. The number of aromatic nitrogens is 1. The molecule has 0 amide bonds. The number of hydrogen-bond acceptors (Lipinski definition) is 3. The second kappa shape index (κ2) is 8.27. The summed E-state index contributed by atoms with van der Waals surface area (Å²) < 4.78 is 1.01. The molecule has 0 radical (unpaired) electrons. The van der Waals surface area contributed by atoms with Gasteiger partial charge in [-0.25, -0.2) is 0 Å². The SMILES string of the molecule is Cl.Clc1ccccc1C1CNCCN1Cc1ccc(Br)cn1. The van der Waals surface area contributed by atoms with Crippen LogP contribution in [0.5, 0.6) is 0 Å². The number of nitrogens with one attached hydrogen (secondary N) is 1. The second-order valence-electron chi connectivity index (χ2n) is 5.18. The molecule has 1 saturated heterocycles. The van der Waals surface area contributed by atoms with Crippen molar-refractivity contribution in [2.45, 2.75) is 12.6 Å². The van der Waals surface area contributed by atoms with Crippen LogP contribution in [0.3, 0.4) is 0 Å². The number of nitrogens with zero attached hydrogens (tertiary/aromatic N) is 2. The van der Waals surface area contributed by atoms with E-state index < -0.39 is 0 Å². The van der Waals surface area contributed by atoms with E-state index in [1.807, 2.05) is 30.5 Å². The van der Waals surface area contributed by atoms with Crippen molar-refractivity contribution in [3.8, 4) is 0 Å². The van der Waals surface area contributed by atoms with Gasteiger partial charge in [0.15, 0.2) is 0 Å². The Morgan fingerprint density at radius 2 is 2.09 bits per heavy atom. The zero-order valence-electron chi connectivity index (χ0n) is 12.0. The molecule has 1 unspecified atom stereocenters. The second-order valence-corrected chi connectivity index (χ2v) is 6.50. The fourth-order valence-electron chi connectivity index (χ4n) is 2.70. The monoisotopic (exact) mass is 401 g/mol. The summed E-state index contributed by atoms with van der Waals surface area (Å²) >= 11 is 9.80. The summed E-state index contributed by atoms with van der Waals surface area (Å²) in [6.07, 6.45) is 1.85. The zero-order valence-corrected chi connectivity index (χ0v) is 15.2. The Morgan fingerprint density at radius 1 is 1.27 bits per heavy atom. The first-order valence-electron chi connectivity index (χ1n) is 7.03. The van der Waals surface area contributed by atoms with Gasteiger partial charge in [-0.05, 0) is 39.7 Å². The molecule has 0 bridgehead atoms. The van der Waals surface area contributed by atoms with Gasteiger partial charge >= 0.3 is 0 Å². The molecule has 1 aromatic heterocycles. The summed E-state index contributed by atoms with van der Waals surface area (Å²) in [5.74, 6) is 0. The van der Waals surface area contributed by atoms with E-state index in [-0.39, 0.29) is 18.4 Å². The maximum atomic E-state index is 6.37. The number of halogens is 3. The van der Waals surface area contributed by atoms with E-state index in [9.17, 15) is 0 Å². The van der Waals surface area contributed by atoms with E-state index in [1.54, 1.807) is 0 Å². The first-order chi connectivity index (χ1) is 10.2. The quantitative estimate of drug-likeness (QED) is 0.838. The van der Waals surface area contributed by atoms with Gasteiger partial charge in [-0.15, -0.1) is 12.4 Å². The van der Waals surface area contributed by atoms with E-state index >= 15 is 0 Å². The molecule has 118 valence electrons. The lowest BCUT2D eigenvalue weighted by atomic mass is 10.0. The Balaban J connectivity index is 0.00000176. The molecule has 6 heteroatoms. The number of benzene rings is 1. The van der Waals surface area contributed by atoms with E-state index in [0.29, 0.717) is 0 Å². The van der Waals surface area contributed by atoms with Gasteiger partial charge < -0.3 is 5.32 Å². The third-order valence-electron chi connectivity index (χ3n) is 3.77. The molecule has 2 aromatic rings. The van der Waals surface area contributed by atoms with Crippen molar-refractivity contribution in [2.75, 3.05) is 19.6 Å². The molecular weight excluding hydrogens is 385 g/mol. The van der Waals surface area contributed by atoms with Crippen LogP contribution >= 0.6 is 39.9 Å². The minimum Gasteiger partial charge on any atom is -0.314 e. The molecule has 3 nitrogen and oxygen atoms in total. The number of hydrogen-bond donors (Lipinski definition) is 1. The van der Waals surface area contributed by atoms with Gasteiger partial charge in [0, 0.05) is 47.9 Å². The summed E-state index contributed by atoms with van der Waals surface area (Å²) in [6, 6.07) is 12.5. The van der Waals surface area contributed by atoms with Crippen LogP contribution in [0.1, 0.15) is 17.3 Å². The van der Waals surface area contributed by atoms with E-state index in [4.69, 9.17) is 11.6 Å². The highest BCUT2D eigenvalue weighted by molar-refractivity contribution is 9.10. The minimum atomic E-state index is 0. The Morgan fingerprint density at radius 3 is 2.82 bits per heavy atom. The van der Waals surface area contributed by atoms with Crippen LogP contribution in [-0.4, -0.2) is 29.5 Å². The summed E-state index contributed by atoms with van der Waals surface area (Å²) in [5.41, 5.74) is 2.26. The zero-order chi connectivity index (χ0) is 14.7. The van der Waals surface area contributed by atoms with Crippen molar-refractivity contribution >= 4 is 39.9 Å². The predicted molar refractivity (Wildman–Crippen MR) is 96.7 cm³/mol. The van der Waals surface area contributed by atoms with Gasteiger partial charge in [-0.3, -0.25) is 9.88 Å². The average molecular weight is 403 g/mol. The standard InChI is InChI=1S/C16H17BrClN3.ClH/c17-12-5-6-13(20-9-12)11-21-8-7-19-10-16(21)14-3-1-2-4-15(14)18;/h1-6,9,16,19H,7-8,10-11H2;1H. The lowest BCUT2D eigenvalue weighted by molar-refractivity contribution is 0.152. The van der Waals surface area contributed by atoms with Gasteiger partial charge in [0.2, 0.25) is 0 Å². The third-order valence-corrected chi connectivity index (χ3v) is 4.59. The molecule has 1 aromatic carbocycles. The first-order valence-corrected chi connectivity index (χ1v) is 8.21. The molecule has 1 aliphatic heterocycles. The van der Waals surface area contributed by atoms with Crippen molar-refractivity contribution in [3.63, 3.8) is 0 Å². The topological polar surface area (TPSA) is 28.2 Å². The molecule has 1 fully saturated rings. The third kappa shape index (κ3) is 4.21. The minimum absolute atomic E-state index is 0. The maximum absolute atomic E-state index is 6.37. The average Bonchev–Trinajstić information content (AvgIpc) is 2.51.